The molecule has 0 saturated heterocycles. The Morgan fingerprint density at radius 3 is 2.64 bits per heavy atom. The highest BCUT2D eigenvalue weighted by Crippen LogP contribution is 2.29. The van der Waals surface area contributed by atoms with Gasteiger partial charge in [-0.3, -0.25) is 4.79 Å². The zero-order chi connectivity index (χ0) is 15.4. The SMILES string of the molecule is NOCCOc1ccc(C(=O)N2CCc3ccccc32)cc1. The fourth-order valence-corrected chi connectivity index (χ4v) is 2.61. The van der Waals surface area contributed by atoms with Gasteiger partial charge in [-0.15, -0.1) is 0 Å². The number of fused-ring (bicyclic) bond motifs is 1. The molecule has 0 saturated carbocycles. The molecule has 1 amide bonds. The predicted molar refractivity (Wildman–Crippen MR) is 83.9 cm³/mol. The van der Waals surface area contributed by atoms with Gasteiger partial charge in [-0.25, -0.2) is 5.90 Å². The smallest absolute Gasteiger partial charge is 0.258 e. The molecule has 0 bridgehead atoms. The lowest BCUT2D eigenvalue weighted by atomic mass is 10.1. The van der Waals surface area contributed by atoms with Crippen LogP contribution < -0.4 is 15.5 Å². The zero-order valence-corrected chi connectivity index (χ0v) is 12.2. The number of carbonyl (C=O) groups excluding carboxylic acids is 1. The highest BCUT2D eigenvalue weighted by atomic mass is 16.6. The lowest BCUT2D eigenvalue weighted by Crippen LogP contribution is -2.28. The molecule has 0 spiro atoms. The Morgan fingerprint density at radius 2 is 1.86 bits per heavy atom. The van der Waals surface area contributed by atoms with E-state index in [1.54, 1.807) is 24.3 Å². The van der Waals surface area contributed by atoms with Crippen LogP contribution >= 0.6 is 0 Å². The second kappa shape index (κ2) is 6.60. The summed E-state index contributed by atoms with van der Waals surface area (Å²) in [6.07, 6.45) is 0.905. The van der Waals surface area contributed by atoms with Crippen molar-refractivity contribution in [2.24, 2.45) is 5.90 Å². The van der Waals surface area contributed by atoms with Crippen molar-refractivity contribution in [3.8, 4) is 5.75 Å². The Kier molecular flexibility index (Phi) is 4.37. The summed E-state index contributed by atoms with van der Waals surface area (Å²) in [6.45, 7) is 1.43. The van der Waals surface area contributed by atoms with Crippen LogP contribution in [0.2, 0.25) is 0 Å². The molecule has 22 heavy (non-hydrogen) atoms. The molecule has 1 aliphatic rings. The minimum Gasteiger partial charge on any atom is -0.491 e. The third-order valence-electron chi connectivity index (χ3n) is 3.70. The molecule has 0 aromatic heterocycles. The van der Waals surface area contributed by atoms with Gasteiger partial charge in [-0.1, -0.05) is 18.2 Å². The van der Waals surface area contributed by atoms with Crippen molar-refractivity contribution in [2.45, 2.75) is 6.42 Å². The van der Waals surface area contributed by atoms with E-state index in [-0.39, 0.29) is 5.91 Å². The number of hydrogen-bond donors (Lipinski definition) is 1. The van der Waals surface area contributed by atoms with Crippen LogP contribution in [-0.4, -0.2) is 25.7 Å². The molecule has 2 aromatic carbocycles. The summed E-state index contributed by atoms with van der Waals surface area (Å²) in [4.78, 5) is 18.9. The molecule has 0 unspecified atom stereocenters. The van der Waals surface area contributed by atoms with E-state index in [1.807, 2.05) is 23.1 Å². The van der Waals surface area contributed by atoms with Crippen molar-refractivity contribution in [3.05, 3.63) is 59.7 Å². The first-order valence-corrected chi connectivity index (χ1v) is 7.24. The third kappa shape index (κ3) is 2.95. The fourth-order valence-electron chi connectivity index (χ4n) is 2.61. The van der Waals surface area contributed by atoms with Gasteiger partial charge < -0.3 is 14.5 Å². The second-order valence-electron chi connectivity index (χ2n) is 5.08. The average molecular weight is 298 g/mol. The highest BCUT2D eigenvalue weighted by Gasteiger charge is 2.24. The molecule has 1 heterocycles. The summed E-state index contributed by atoms with van der Waals surface area (Å²) in [5.41, 5.74) is 2.88. The minimum atomic E-state index is 0.0155. The Morgan fingerprint density at radius 1 is 1.09 bits per heavy atom. The summed E-state index contributed by atoms with van der Waals surface area (Å²) < 4.78 is 5.43. The average Bonchev–Trinajstić information content (AvgIpc) is 2.99. The molecule has 0 fully saturated rings. The van der Waals surface area contributed by atoms with E-state index in [9.17, 15) is 4.79 Å². The van der Waals surface area contributed by atoms with Gasteiger partial charge in [0.2, 0.25) is 0 Å². The molecule has 2 aromatic rings. The Labute approximate surface area is 129 Å². The van der Waals surface area contributed by atoms with Crippen molar-refractivity contribution in [2.75, 3.05) is 24.7 Å². The Hall–Kier alpha value is -2.37. The van der Waals surface area contributed by atoms with Crippen molar-refractivity contribution in [1.29, 1.82) is 0 Å². The van der Waals surface area contributed by atoms with Crippen LogP contribution in [0.4, 0.5) is 5.69 Å². The van der Waals surface area contributed by atoms with E-state index >= 15 is 0 Å². The number of amides is 1. The number of carbonyl (C=O) groups is 1. The van der Waals surface area contributed by atoms with Gasteiger partial charge in [-0.2, -0.15) is 0 Å². The molecule has 0 radical (unpaired) electrons. The zero-order valence-electron chi connectivity index (χ0n) is 12.2. The van der Waals surface area contributed by atoms with E-state index in [1.165, 1.54) is 5.56 Å². The fraction of sp³-hybridized carbons (Fsp3) is 0.235. The van der Waals surface area contributed by atoms with Crippen LogP contribution in [0.15, 0.2) is 48.5 Å². The molecule has 114 valence electrons. The van der Waals surface area contributed by atoms with Crippen LogP contribution in [0.1, 0.15) is 15.9 Å². The van der Waals surface area contributed by atoms with Crippen molar-refractivity contribution >= 4 is 11.6 Å². The third-order valence-corrected chi connectivity index (χ3v) is 3.70. The standard InChI is InChI=1S/C17H18N2O3/c18-22-12-11-21-15-7-5-14(6-8-15)17(20)19-10-9-13-3-1-2-4-16(13)19/h1-8H,9-12,18H2. The van der Waals surface area contributed by atoms with E-state index < -0.39 is 0 Å². The van der Waals surface area contributed by atoms with E-state index in [0.29, 0.717) is 24.5 Å². The maximum absolute atomic E-state index is 12.6. The number of ether oxygens (including phenoxy) is 1. The van der Waals surface area contributed by atoms with Gasteiger partial charge >= 0.3 is 0 Å². The molecule has 5 nitrogen and oxygen atoms in total. The molecule has 2 N–H and O–H groups in total. The van der Waals surface area contributed by atoms with Gasteiger partial charge in [0.1, 0.15) is 19.0 Å². The number of para-hydroxylation sites is 1. The lowest BCUT2D eigenvalue weighted by Gasteiger charge is -2.17. The topological polar surface area (TPSA) is 64.8 Å². The molecular weight excluding hydrogens is 280 g/mol. The van der Waals surface area contributed by atoms with Gasteiger partial charge in [-0.05, 0) is 42.3 Å². The van der Waals surface area contributed by atoms with Crippen LogP contribution in [0.3, 0.4) is 0 Å². The number of hydrogen-bond acceptors (Lipinski definition) is 4. The number of rotatable bonds is 5. The van der Waals surface area contributed by atoms with E-state index in [4.69, 9.17) is 10.6 Å². The maximum atomic E-state index is 12.6. The first-order chi connectivity index (χ1) is 10.8. The number of anilines is 1. The van der Waals surface area contributed by atoms with Crippen LogP contribution in [0.25, 0.3) is 0 Å². The Balaban J connectivity index is 1.71. The molecule has 3 rings (SSSR count). The van der Waals surface area contributed by atoms with Crippen molar-refractivity contribution in [1.82, 2.24) is 0 Å². The van der Waals surface area contributed by atoms with Crippen LogP contribution in [0, 0.1) is 0 Å². The summed E-state index contributed by atoms with van der Waals surface area (Å²) in [7, 11) is 0. The number of nitrogens with two attached hydrogens (primary N) is 1. The normalized spacial score (nSPS) is 13.0. The first-order valence-electron chi connectivity index (χ1n) is 7.24. The second-order valence-corrected chi connectivity index (χ2v) is 5.08. The minimum absolute atomic E-state index is 0.0155. The summed E-state index contributed by atoms with van der Waals surface area (Å²) >= 11 is 0. The maximum Gasteiger partial charge on any atom is 0.258 e. The quantitative estimate of drug-likeness (QED) is 0.678. The van der Waals surface area contributed by atoms with Crippen LogP contribution in [-0.2, 0) is 11.3 Å². The Bertz CT molecular complexity index is 655. The predicted octanol–water partition coefficient (Wildman–Crippen LogP) is 2.16. The first kappa shape index (κ1) is 14.6. The van der Waals surface area contributed by atoms with Gasteiger partial charge in [0.05, 0.1) is 0 Å². The van der Waals surface area contributed by atoms with E-state index in [0.717, 1.165) is 18.7 Å². The summed E-state index contributed by atoms with van der Waals surface area (Å²) in [6, 6.07) is 15.1. The molecule has 5 heteroatoms. The highest BCUT2D eigenvalue weighted by molar-refractivity contribution is 6.07. The monoisotopic (exact) mass is 298 g/mol. The molecule has 0 aliphatic carbocycles. The molecule has 1 aliphatic heterocycles. The van der Waals surface area contributed by atoms with Crippen LogP contribution in [0.5, 0.6) is 5.75 Å². The van der Waals surface area contributed by atoms with Crippen molar-refractivity contribution < 1.29 is 14.4 Å². The molecule has 0 atom stereocenters. The summed E-state index contributed by atoms with van der Waals surface area (Å²) in [5.74, 6) is 5.64. The lowest BCUT2D eigenvalue weighted by molar-refractivity contribution is 0.0988. The van der Waals surface area contributed by atoms with E-state index in [2.05, 4.69) is 10.9 Å². The largest absolute Gasteiger partial charge is 0.491 e. The van der Waals surface area contributed by atoms with Gasteiger partial charge in [0.15, 0.2) is 0 Å². The van der Waals surface area contributed by atoms with Crippen molar-refractivity contribution in [3.63, 3.8) is 0 Å². The molecular formula is C17H18N2O3. The number of nitrogens with zero attached hydrogens (tertiary/aromatic N) is 1. The number of benzene rings is 2. The van der Waals surface area contributed by atoms with Gasteiger partial charge in [0.25, 0.3) is 5.91 Å². The van der Waals surface area contributed by atoms with Gasteiger partial charge in [0, 0.05) is 17.8 Å². The summed E-state index contributed by atoms with van der Waals surface area (Å²) in [5, 5.41) is 0.